The molecule has 1 rings (SSSR count). The SMILES string of the molecule is CC1=C=CC(C(C)(C)C)C=C1. The number of hydrogen-bond donors (Lipinski definition) is 0. The zero-order chi connectivity index (χ0) is 8.48. The van der Waals surface area contributed by atoms with Gasteiger partial charge in [-0.2, -0.15) is 0 Å². The van der Waals surface area contributed by atoms with Crippen LogP contribution in [0.15, 0.2) is 29.5 Å². The van der Waals surface area contributed by atoms with Crippen LogP contribution in [-0.2, 0) is 0 Å². The van der Waals surface area contributed by atoms with Crippen molar-refractivity contribution in [2.24, 2.45) is 11.3 Å². The van der Waals surface area contributed by atoms with Gasteiger partial charge in [-0.1, -0.05) is 32.9 Å². The van der Waals surface area contributed by atoms with E-state index in [1.54, 1.807) is 0 Å². The summed E-state index contributed by atoms with van der Waals surface area (Å²) < 4.78 is 0. The molecular weight excluding hydrogens is 132 g/mol. The summed E-state index contributed by atoms with van der Waals surface area (Å²) in [6.45, 7) is 8.83. The van der Waals surface area contributed by atoms with Gasteiger partial charge in [-0.3, -0.25) is 0 Å². The summed E-state index contributed by atoms with van der Waals surface area (Å²) in [5.74, 6) is 0.547. The predicted octanol–water partition coefficient (Wildman–Crippen LogP) is 3.32. The minimum atomic E-state index is 0.338. The molecule has 1 atom stereocenters. The molecule has 0 heterocycles. The van der Waals surface area contributed by atoms with Crippen molar-refractivity contribution in [3.63, 3.8) is 0 Å². The monoisotopic (exact) mass is 148 g/mol. The molecule has 0 saturated heterocycles. The third kappa shape index (κ3) is 2.10. The average Bonchev–Trinajstić information content (AvgIpc) is 1.86. The lowest BCUT2D eigenvalue weighted by Crippen LogP contribution is -2.16. The predicted molar refractivity (Wildman–Crippen MR) is 49.4 cm³/mol. The molecule has 1 unspecified atom stereocenters. The van der Waals surface area contributed by atoms with Gasteiger partial charge in [-0.05, 0) is 24.0 Å². The molecule has 0 fully saturated rings. The van der Waals surface area contributed by atoms with E-state index in [1.165, 1.54) is 5.57 Å². The lowest BCUT2D eigenvalue weighted by molar-refractivity contribution is 0.343. The fourth-order valence-electron chi connectivity index (χ4n) is 1.11. The quantitative estimate of drug-likeness (QED) is 0.462. The topological polar surface area (TPSA) is 0 Å². The van der Waals surface area contributed by atoms with Crippen LogP contribution in [0.5, 0.6) is 0 Å². The molecule has 1 aliphatic rings. The van der Waals surface area contributed by atoms with Crippen LogP contribution in [0, 0.1) is 11.3 Å². The second kappa shape index (κ2) is 2.71. The highest BCUT2D eigenvalue weighted by atomic mass is 14.2. The van der Waals surface area contributed by atoms with Crippen LogP contribution in [0.2, 0.25) is 0 Å². The molecule has 0 aromatic rings. The van der Waals surface area contributed by atoms with Gasteiger partial charge in [0, 0.05) is 5.92 Å². The normalized spacial score (nSPS) is 23.6. The first-order chi connectivity index (χ1) is 5.00. The Morgan fingerprint density at radius 3 is 2.36 bits per heavy atom. The highest BCUT2D eigenvalue weighted by molar-refractivity contribution is 5.24. The van der Waals surface area contributed by atoms with Gasteiger partial charge in [0.2, 0.25) is 0 Å². The highest BCUT2D eigenvalue weighted by Crippen LogP contribution is 2.29. The Bertz CT molecular complexity index is 229. The third-order valence-corrected chi connectivity index (χ3v) is 2.04. The first-order valence-electron chi connectivity index (χ1n) is 4.12. The molecule has 0 heteroatoms. The molecule has 0 nitrogen and oxygen atoms in total. The van der Waals surface area contributed by atoms with E-state index < -0.39 is 0 Å². The molecule has 11 heavy (non-hydrogen) atoms. The van der Waals surface area contributed by atoms with E-state index in [4.69, 9.17) is 0 Å². The van der Waals surface area contributed by atoms with Gasteiger partial charge < -0.3 is 0 Å². The molecule has 0 N–H and O–H groups in total. The summed E-state index contributed by atoms with van der Waals surface area (Å²) in [5.41, 5.74) is 4.81. The Kier molecular flexibility index (Phi) is 2.06. The van der Waals surface area contributed by atoms with Crippen molar-refractivity contribution < 1.29 is 0 Å². The summed E-state index contributed by atoms with van der Waals surface area (Å²) in [6, 6.07) is 0. The maximum atomic E-state index is 3.24. The van der Waals surface area contributed by atoms with Crippen LogP contribution in [0.1, 0.15) is 27.7 Å². The smallest absolute Gasteiger partial charge is 0.00746 e. The number of allylic oxidation sites excluding steroid dienone is 3. The van der Waals surface area contributed by atoms with E-state index in [0.29, 0.717) is 11.3 Å². The van der Waals surface area contributed by atoms with Gasteiger partial charge in [0.05, 0.1) is 0 Å². The van der Waals surface area contributed by atoms with Gasteiger partial charge >= 0.3 is 0 Å². The van der Waals surface area contributed by atoms with Crippen LogP contribution in [0.3, 0.4) is 0 Å². The van der Waals surface area contributed by atoms with Gasteiger partial charge in [-0.15, -0.1) is 5.73 Å². The minimum Gasteiger partial charge on any atom is -0.121 e. The van der Waals surface area contributed by atoms with Crippen molar-refractivity contribution >= 4 is 0 Å². The maximum absolute atomic E-state index is 3.24. The Morgan fingerprint density at radius 1 is 1.36 bits per heavy atom. The molecule has 0 aliphatic heterocycles. The van der Waals surface area contributed by atoms with Crippen LogP contribution in [0.4, 0.5) is 0 Å². The van der Waals surface area contributed by atoms with Crippen LogP contribution >= 0.6 is 0 Å². The maximum Gasteiger partial charge on any atom is 0.00746 e. The molecule has 0 radical (unpaired) electrons. The molecule has 0 spiro atoms. The van der Waals surface area contributed by atoms with Crippen molar-refractivity contribution in [2.75, 3.05) is 0 Å². The van der Waals surface area contributed by atoms with Crippen LogP contribution in [-0.4, -0.2) is 0 Å². The minimum absolute atomic E-state index is 0.338. The van der Waals surface area contributed by atoms with E-state index in [-0.39, 0.29) is 0 Å². The van der Waals surface area contributed by atoms with Crippen molar-refractivity contribution in [3.8, 4) is 0 Å². The largest absolute Gasteiger partial charge is 0.121 e. The van der Waals surface area contributed by atoms with Gasteiger partial charge in [0.15, 0.2) is 0 Å². The molecule has 1 aliphatic carbocycles. The summed E-state index contributed by atoms with van der Waals surface area (Å²) in [5, 5.41) is 0. The lowest BCUT2D eigenvalue weighted by Gasteiger charge is -2.25. The van der Waals surface area contributed by atoms with Gasteiger partial charge in [-0.25, -0.2) is 0 Å². The average molecular weight is 148 g/mol. The fraction of sp³-hybridized carbons (Fsp3) is 0.545. The Labute approximate surface area is 69.3 Å². The zero-order valence-electron chi connectivity index (χ0n) is 7.81. The number of rotatable bonds is 0. The van der Waals surface area contributed by atoms with Crippen molar-refractivity contribution in [1.29, 1.82) is 0 Å². The summed E-state index contributed by atoms with van der Waals surface area (Å²) in [6.07, 6.45) is 6.57. The lowest BCUT2D eigenvalue weighted by atomic mass is 9.79. The van der Waals surface area contributed by atoms with E-state index >= 15 is 0 Å². The first-order valence-corrected chi connectivity index (χ1v) is 4.12. The molecule has 0 saturated carbocycles. The molecule has 0 aromatic carbocycles. The van der Waals surface area contributed by atoms with Crippen molar-refractivity contribution in [3.05, 3.63) is 29.5 Å². The molecule has 0 amide bonds. The van der Waals surface area contributed by atoms with E-state index in [9.17, 15) is 0 Å². The zero-order valence-corrected chi connectivity index (χ0v) is 7.81. The van der Waals surface area contributed by atoms with E-state index in [0.717, 1.165) is 0 Å². The molecule has 0 bridgehead atoms. The van der Waals surface area contributed by atoms with Crippen LogP contribution in [0.25, 0.3) is 0 Å². The third-order valence-electron chi connectivity index (χ3n) is 2.04. The Hall–Kier alpha value is -0.740. The highest BCUT2D eigenvalue weighted by Gasteiger charge is 2.20. The standard InChI is InChI=1S/C11H16/c1-9-5-7-10(8-6-9)11(2,3)4/h5,7-8,10H,1-4H3. The molecule has 60 valence electrons. The molecule has 0 aromatic heterocycles. The fourth-order valence-corrected chi connectivity index (χ4v) is 1.11. The first kappa shape index (κ1) is 8.36. The molecular formula is C11H16. The summed E-state index contributed by atoms with van der Waals surface area (Å²) >= 11 is 0. The summed E-state index contributed by atoms with van der Waals surface area (Å²) in [7, 11) is 0. The second-order valence-corrected chi connectivity index (χ2v) is 4.24. The van der Waals surface area contributed by atoms with E-state index in [2.05, 4.69) is 51.7 Å². The number of hydrogen-bond acceptors (Lipinski definition) is 0. The Morgan fingerprint density at radius 2 is 2.00 bits per heavy atom. The van der Waals surface area contributed by atoms with Crippen molar-refractivity contribution in [2.45, 2.75) is 27.7 Å². The van der Waals surface area contributed by atoms with E-state index in [1.807, 2.05) is 0 Å². The van der Waals surface area contributed by atoms with Crippen molar-refractivity contribution in [1.82, 2.24) is 0 Å². The second-order valence-electron chi connectivity index (χ2n) is 4.24. The van der Waals surface area contributed by atoms with Crippen LogP contribution < -0.4 is 0 Å². The van der Waals surface area contributed by atoms with Gasteiger partial charge in [0.25, 0.3) is 0 Å². The Balaban J connectivity index is 2.84. The summed E-state index contributed by atoms with van der Waals surface area (Å²) in [4.78, 5) is 0. The van der Waals surface area contributed by atoms with Gasteiger partial charge in [0.1, 0.15) is 0 Å².